The van der Waals surface area contributed by atoms with Gasteiger partial charge in [0.2, 0.25) is 17.6 Å². The molecule has 0 radical (unpaired) electrons. The lowest BCUT2D eigenvalue weighted by atomic mass is 10.2. The molecule has 0 aliphatic rings. The monoisotopic (exact) mass is 410 g/mol. The van der Waals surface area contributed by atoms with Crippen LogP contribution in [0.15, 0.2) is 53.1 Å². The maximum Gasteiger partial charge on any atom is 0.241 e. The molecule has 1 heterocycles. The summed E-state index contributed by atoms with van der Waals surface area (Å²) in [7, 11) is 1.59. The standard InChI is InChI=1S/C22H26N4O4/c1-4-26(14-20(27)23-17-7-6-8-19(13-17)28-3)15-21-24-22(25-30-21)16-9-11-18(12-10-16)29-5-2/h6-13H,4-5,14-15H2,1-3H3,(H,23,27). The van der Waals surface area contributed by atoms with Crippen LogP contribution in [0.1, 0.15) is 19.7 Å². The van der Waals surface area contributed by atoms with Crippen LogP contribution in [0.3, 0.4) is 0 Å². The highest BCUT2D eigenvalue weighted by molar-refractivity contribution is 5.92. The van der Waals surface area contributed by atoms with Crippen molar-refractivity contribution < 1.29 is 18.8 Å². The summed E-state index contributed by atoms with van der Waals surface area (Å²) in [4.78, 5) is 18.8. The molecule has 0 aliphatic carbocycles. The van der Waals surface area contributed by atoms with E-state index < -0.39 is 0 Å². The molecule has 1 N–H and O–H groups in total. The van der Waals surface area contributed by atoms with Gasteiger partial charge in [0.25, 0.3) is 0 Å². The van der Waals surface area contributed by atoms with Gasteiger partial charge in [0.1, 0.15) is 11.5 Å². The second-order valence-corrected chi connectivity index (χ2v) is 6.55. The average Bonchev–Trinajstić information content (AvgIpc) is 3.22. The van der Waals surface area contributed by atoms with E-state index in [9.17, 15) is 4.79 Å². The number of amides is 1. The van der Waals surface area contributed by atoms with Gasteiger partial charge in [-0.1, -0.05) is 18.1 Å². The van der Waals surface area contributed by atoms with Crippen LogP contribution >= 0.6 is 0 Å². The van der Waals surface area contributed by atoms with E-state index >= 15 is 0 Å². The van der Waals surface area contributed by atoms with Gasteiger partial charge in [-0.05, 0) is 49.9 Å². The fourth-order valence-electron chi connectivity index (χ4n) is 2.88. The first-order valence-electron chi connectivity index (χ1n) is 9.83. The number of anilines is 1. The quantitative estimate of drug-likeness (QED) is 0.546. The Bertz CT molecular complexity index is 956. The fourth-order valence-corrected chi connectivity index (χ4v) is 2.88. The molecule has 2 aromatic carbocycles. The molecule has 0 saturated heterocycles. The number of aromatic nitrogens is 2. The first-order chi connectivity index (χ1) is 14.6. The lowest BCUT2D eigenvalue weighted by Crippen LogP contribution is -2.32. The molecule has 0 spiro atoms. The summed E-state index contributed by atoms with van der Waals surface area (Å²) in [5.74, 6) is 2.31. The molecule has 0 unspecified atom stereocenters. The van der Waals surface area contributed by atoms with E-state index in [4.69, 9.17) is 14.0 Å². The van der Waals surface area contributed by atoms with E-state index in [0.717, 1.165) is 11.3 Å². The number of rotatable bonds is 10. The molecule has 0 bridgehead atoms. The molecule has 158 valence electrons. The van der Waals surface area contributed by atoms with E-state index in [1.807, 2.05) is 61.2 Å². The smallest absolute Gasteiger partial charge is 0.241 e. The first-order valence-corrected chi connectivity index (χ1v) is 9.83. The summed E-state index contributed by atoms with van der Waals surface area (Å²) in [5, 5.41) is 6.92. The van der Waals surface area contributed by atoms with Crippen molar-refractivity contribution in [2.24, 2.45) is 0 Å². The van der Waals surface area contributed by atoms with Gasteiger partial charge in [-0.3, -0.25) is 9.69 Å². The summed E-state index contributed by atoms with van der Waals surface area (Å²) in [5.41, 5.74) is 1.53. The molecule has 0 saturated carbocycles. The molecular weight excluding hydrogens is 384 g/mol. The minimum atomic E-state index is -0.128. The van der Waals surface area contributed by atoms with Crippen molar-refractivity contribution in [3.05, 3.63) is 54.4 Å². The third kappa shape index (κ3) is 5.81. The number of nitrogens with zero attached hydrogens (tertiary/aromatic N) is 3. The van der Waals surface area contributed by atoms with Crippen LogP contribution in [0, 0.1) is 0 Å². The van der Waals surface area contributed by atoms with E-state index in [1.54, 1.807) is 13.2 Å². The number of hydrogen-bond acceptors (Lipinski definition) is 7. The van der Waals surface area contributed by atoms with Gasteiger partial charge in [-0.25, -0.2) is 0 Å². The summed E-state index contributed by atoms with van der Waals surface area (Å²) >= 11 is 0. The van der Waals surface area contributed by atoms with Crippen LogP contribution < -0.4 is 14.8 Å². The molecule has 0 atom stereocenters. The van der Waals surface area contributed by atoms with Gasteiger partial charge in [0.05, 0.1) is 26.8 Å². The Balaban J connectivity index is 1.58. The van der Waals surface area contributed by atoms with Crippen LogP contribution in [0.5, 0.6) is 11.5 Å². The fraction of sp³-hybridized carbons (Fsp3) is 0.318. The van der Waals surface area contributed by atoms with Crippen LogP contribution in [-0.2, 0) is 11.3 Å². The van der Waals surface area contributed by atoms with E-state index in [-0.39, 0.29) is 12.5 Å². The third-order valence-corrected chi connectivity index (χ3v) is 4.42. The number of benzene rings is 2. The number of likely N-dealkylation sites (N-methyl/N-ethyl adjacent to an activating group) is 1. The molecule has 1 amide bonds. The number of carbonyl (C=O) groups excluding carboxylic acids is 1. The number of methoxy groups -OCH3 is 1. The van der Waals surface area contributed by atoms with Crippen molar-refractivity contribution in [1.29, 1.82) is 0 Å². The van der Waals surface area contributed by atoms with Gasteiger partial charge in [-0.15, -0.1) is 0 Å². The predicted molar refractivity (Wildman–Crippen MR) is 113 cm³/mol. The van der Waals surface area contributed by atoms with E-state index in [1.165, 1.54) is 0 Å². The van der Waals surface area contributed by atoms with Crippen LogP contribution in [-0.4, -0.2) is 47.8 Å². The zero-order chi connectivity index (χ0) is 21.3. The highest BCUT2D eigenvalue weighted by Crippen LogP contribution is 2.20. The van der Waals surface area contributed by atoms with Crippen LogP contribution in [0.4, 0.5) is 5.69 Å². The Morgan fingerprint density at radius 1 is 1.13 bits per heavy atom. The number of hydrogen-bond donors (Lipinski definition) is 1. The van der Waals surface area contributed by atoms with Crippen LogP contribution in [0.2, 0.25) is 0 Å². The van der Waals surface area contributed by atoms with Gasteiger partial charge in [0, 0.05) is 17.3 Å². The van der Waals surface area contributed by atoms with Gasteiger partial charge >= 0.3 is 0 Å². The molecule has 0 aliphatic heterocycles. The van der Waals surface area contributed by atoms with Crippen molar-refractivity contribution in [2.45, 2.75) is 20.4 Å². The Morgan fingerprint density at radius 3 is 2.63 bits per heavy atom. The van der Waals surface area contributed by atoms with Gasteiger partial charge < -0.3 is 19.3 Å². The number of nitrogens with one attached hydrogen (secondary N) is 1. The van der Waals surface area contributed by atoms with E-state index in [0.29, 0.717) is 42.8 Å². The van der Waals surface area contributed by atoms with Crippen molar-refractivity contribution in [1.82, 2.24) is 15.0 Å². The lowest BCUT2D eigenvalue weighted by molar-refractivity contribution is -0.117. The molecular formula is C22H26N4O4. The molecule has 1 aromatic heterocycles. The largest absolute Gasteiger partial charge is 0.497 e. The normalized spacial score (nSPS) is 10.8. The molecule has 8 nitrogen and oxygen atoms in total. The highest BCUT2D eigenvalue weighted by atomic mass is 16.5. The number of carbonyl (C=O) groups is 1. The van der Waals surface area contributed by atoms with Gasteiger partial charge in [-0.2, -0.15) is 4.98 Å². The Hall–Kier alpha value is -3.39. The lowest BCUT2D eigenvalue weighted by Gasteiger charge is -2.17. The van der Waals surface area contributed by atoms with Crippen molar-refractivity contribution in [3.8, 4) is 22.9 Å². The zero-order valence-electron chi connectivity index (χ0n) is 17.4. The molecule has 3 aromatic rings. The Morgan fingerprint density at radius 2 is 1.93 bits per heavy atom. The summed E-state index contributed by atoms with van der Waals surface area (Å²) in [6.45, 7) is 5.77. The molecule has 30 heavy (non-hydrogen) atoms. The Labute approximate surface area is 175 Å². The zero-order valence-corrected chi connectivity index (χ0v) is 17.4. The Kier molecular flexibility index (Phi) is 7.40. The van der Waals surface area contributed by atoms with Gasteiger partial charge in [0.15, 0.2) is 0 Å². The summed E-state index contributed by atoms with van der Waals surface area (Å²) in [6, 6.07) is 14.8. The third-order valence-electron chi connectivity index (χ3n) is 4.42. The van der Waals surface area contributed by atoms with E-state index in [2.05, 4.69) is 15.5 Å². The maximum atomic E-state index is 12.4. The number of ether oxygens (including phenoxy) is 2. The summed E-state index contributed by atoms with van der Waals surface area (Å²) < 4.78 is 16.0. The SMILES string of the molecule is CCOc1ccc(-c2noc(CN(CC)CC(=O)Nc3cccc(OC)c3)n2)cc1. The first kappa shape index (κ1) is 21.3. The average molecular weight is 410 g/mol. The minimum Gasteiger partial charge on any atom is -0.497 e. The van der Waals surface area contributed by atoms with Crippen molar-refractivity contribution in [2.75, 3.05) is 32.1 Å². The van der Waals surface area contributed by atoms with Crippen LogP contribution in [0.25, 0.3) is 11.4 Å². The second kappa shape index (κ2) is 10.4. The highest BCUT2D eigenvalue weighted by Gasteiger charge is 2.15. The van der Waals surface area contributed by atoms with Crippen molar-refractivity contribution in [3.63, 3.8) is 0 Å². The molecule has 8 heteroatoms. The topological polar surface area (TPSA) is 89.7 Å². The predicted octanol–water partition coefficient (Wildman–Crippen LogP) is 3.60. The molecule has 0 fully saturated rings. The summed E-state index contributed by atoms with van der Waals surface area (Å²) in [6.07, 6.45) is 0. The maximum absolute atomic E-state index is 12.4. The molecule has 3 rings (SSSR count). The van der Waals surface area contributed by atoms with Crippen molar-refractivity contribution >= 4 is 11.6 Å². The minimum absolute atomic E-state index is 0.128. The second-order valence-electron chi connectivity index (χ2n) is 6.55.